The molecule has 0 unspecified atom stereocenters. The van der Waals surface area contributed by atoms with E-state index in [0.717, 1.165) is 50.8 Å². The molecule has 0 saturated carbocycles. The van der Waals surface area contributed by atoms with Gasteiger partial charge in [0.15, 0.2) is 0 Å². The molecule has 0 aliphatic carbocycles. The van der Waals surface area contributed by atoms with Gasteiger partial charge in [-0.3, -0.25) is 9.69 Å². The minimum Gasteiger partial charge on any atom is -0.480 e. The van der Waals surface area contributed by atoms with Crippen LogP contribution in [0, 0.1) is 0 Å². The monoisotopic (exact) mass is 469 g/mol. The molecule has 148 valence electrons. The highest BCUT2D eigenvalue weighted by atomic mass is 79.9. The van der Waals surface area contributed by atoms with E-state index in [0.29, 0.717) is 6.54 Å². The minimum absolute atomic E-state index is 0.264. The van der Waals surface area contributed by atoms with Gasteiger partial charge in [-0.05, 0) is 49.7 Å². The SMILES string of the molecule is O=C(O)[C@H](c1c[nH]c2ccc(Br)cc12)N1CCC[C@H](c2nc3ccccc3s2)C1. The van der Waals surface area contributed by atoms with Crippen LogP contribution in [0.5, 0.6) is 0 Å². The molecule has 0 radical (unpaired) electrons. The standard InChI is InChI=1S/C22H20BrN3O2S/c23-14-7-8-17-15(10-14)16(11-24-17)20(22(27)28)26-9-3-4-13(12-26)21-25-18-5-1-2-6-19(18)29-21/h1-2,5-8,10-11,13,20,24H,3-4,9,12H2,(H,27,28)/t13-,20-/m0/s1. The average Bonchev–Trinajstić information content (AvgIpc) is 3.32. The molecule has 2 aromatic heterocycles. The number of hydrogen-bond donors (Lipinski definition) is 2. The Kier molecular flexibility index (Phi) is 4.89. The van der Waals surface area contributed by atoms with Crippen molar-refractivity contribution >= 4 is 54.4 Å². The van der Waals surface area contributed by atoms with Gasteiger partial charge >= 0.3 is 5.97 Å². The number of benzene rings is 2. The van der Waals surface area contributed by atoms with Gasteiger partial charge in [0, 0.05) is 39.6 Å². The van der Waals surface area contributed by atoms with Crippen molar-refractivity contribution in [2.45, 2.75) is 24.8 Å². The van der Waals surface area contributed by atoms with Gasteiger partial charge in [-0.25, -0.2) is 4.98 Å². The summed E-state index contributed by atoms with van der Waals surface area (Å²) in [6.07, 6.45) is 3.86. The zero-order chi connectivity index (χ0) is 20.0. The summed E-state index contributed by atoms with van der Waals surface area (Å²) in [5.41, 5.74) is 2.80. The van der Waals surface area contributed by atoms with Crippen LogP contribution < -0.4 is 0 Å². The van der Waals surface area contributed by atoms with Gasteiger partial charge in [-0.2, -0.15) is 0 Å². The zero-order valence-corrected chi connectivity index (χ0v) is 18.0. The van der Waals surface area contributed by atoms with Gasteiger partial charge in [0.25, 0.3) is 0 Å². The van der Waals surface area contributed by atoms with E-state index in [1.165, 1.54) is 4.70 Å². The van der Waals surface area contributed by atoms with Crippen molar-refractivity contribution in [1.82, 2.24) is 14.9 Å². The molecule has 4 aromatic rings. The molecule has 0 spiro atoms. The number of rotatable bonds is 4. The Morgan fingerprint density at radius 3 is 3.00 bits per heavy atom. The number of nitrogens with one attached hydrogen (secondary N) is 1. The van der Waals surface area contributed by atoms with Gasteiger partial charge in [-0.1, -0.05) is 28.1 Å². The predicted molar refractivity (Wildman–Crippen MR) is 120 cm³/mol. The Labute approximate surface area is 180 Å². The molecule has 29 heavy (non-hydrogen) atoms. The summed E-state index contributed by atoms with van der Waals surface area (Å²) >= 11 is 5.24. The van der Waals surface area contributed by atoms with E-state index >= 15 is 0 Å². The average molecular weight is 470 g/mol. The minimum atomic E-state index is -0.809. The Morgan fingerprint density at radius 2 is 2.17 bits per heavy atom. The molecule has 1 saturated heterocycles. The molecule has 1 aliphatic heterocycles. The first-order valence-electron chi connectivity index (χ1n) is 9.69. The van der Waals surface area contributed by atoms with Crippen LogP contribution in [0.4, 0.5) is 0 Å². The molecule has 1 fully saturated rings. The molecule has 5 rings (SSSR count). The normalized spacial score (nSPS) is 19.0. The van der Waals surface area contributed by atoms with E-state index in [9.17, 15) is 9.90 Å². The fourth-order valence-corrected chi connectivity index (χ4v) is 5.79. The summed E-state index contributed by atoms with van der Waals surface area (Å²) in [4.78, 5) is 22.5. The van der Waals surface area contributed by atoms with Crippen molar-refractivity contribution in [3.63, 3.8) is 0 Å². The third-order valence-corrected chi connectivity index (χ3v) is 7.37. The van der Waals surface area contributed by atoms with Crippen molar-refractivity contribution < 1.29 is 9.90 Å². The van der Waals surface area contributed by atoms with Crippen molar-refractivity contribution in [3.8, 4) is 0 Å². The number of aromatic amines is 1. The molecular formula is C22H20BrN3O2S. The number of thiazole rings is 1. The molecule has 3 heterocycles. The zero-order valence-electron chi connectivity index (χ0n) is 15.6. The third kappa shape index (κ3) is 3.47. The van der Waals surface area contributed by atoms with Gasteiger partial charge < -0.3 is 10.1 Å². The molecule has 0 amide bonds. The number of carboxylic acid groups (broad SMARTS) is 1. The van der Waals surface area contributed by atoms with Gasteiger partial charge in [-0.15, -0.1) is 11.3 Å². The molecule has 0 bridgehead atoms. The highest BCUT2D eigenvalue weighted by molar-refractivity contribution is 9.10. The number of piperidine rings is 1. The summed E-state index contributed by atoms with van der Waals surface area (Å²) in [5.74, 6) is -0.546. The smallest absolute Gasteiger partial charge is 0.325 e. The number of H-pyrrole nitrogens is 1. The molecule has 2 atom stereocenters. The van der Waals surface area contributed by atoms with E-state index in [1.54, 1.807) is 11.3 Å². The van der Waals surface area contributed by atoms with Crippen molar-refractivity contribution in [3.05, 3.63) is 63.7 Å². The molecule has 1 aliphatic rings. The van der Waals surface area contributed by atoms with Crippen molar-refractivity contribution in [2.75, 3.05) is 13.1 Å². The largest absolute Gasteiger partial charge is 0.480 e. The Balaban J connectivity index is 1.48. The fraction of sp³-hybridized carbons (Fsp3) is 0.273. The molecular weight excluding hydrogens is 450 g/mol. The van der Waals surface area contributed by atoms with Crippen LogP contribution in [0.15, 0.2) is 53.1 Å². The van der Waals surface area contributed by atoms with Crippen LogP contribution >= 0.6 is 27.3 Å². The maximum atomic E-state index is 12.3. The predicted octanol–water partition coefficient (Wildman–Crippen LogP) is 5.55. The van der Waals surface area contributed by atoms with Crippen molar-refractivity contribution in [1.29, 1.82) is 0 Å². The number of fused-ring (bicyclic) bond motifs is 2. The number of halogens is 1. The van der Waals surface area contributed by atoms with Gasteiger partial charge in [0.1, 0.15) is 6.04 Å². The van der Waals surface area contributed by atoms with Crippen molar-refractivity contribution in [2.24, 2.45) is 0 Å². The van der Waals surface area contributed by atoms with Crippen LogP contribution in [-0.2, 0) is 4.79 Å². The highest BCUT2D eigenvalue weighted by Crippen LogP contribution is 2.37. The first-order chi connectivity index (χ1) is 14.1. The number of likely N-dealkylation sites (tertiary alicyclic amines) is 1. The summed E-state index contributed by atoms with van der Waals surface area (Å²) in [6.45, 7) is 1.48. The topological polar surface area (TPSA) is 69.2 Å². The van der Waals surface area contributed by atoms with Crippen LogP contribution in [0.2, 0.25) is 0 Å². The maximum absolute atomic E-state index is 12.3. The number of aromatic nitrogens is 2. The van der Waals surface area contributed by atoms with Crippen LogP contribution in [0.1, 0.15) is 35.4 Å². The first-order valence-corrected chi connectivity index (χ1v) is 11.3. The third-order valence-electron chi connectivity index (χ3n) is 5.68. The number of para-hydroxylation sites is 1. The second-order valence-electron chi connectivity index (χ2n) is 7.53. The lowest BCUT2D eigenvalue weighted by atomic mass is 9.95. The lowest BCUT2D eigenvalue weighted by molar-refractivity contribution is -0.144. The molecule has 5 nitrogen and oxygen atoms in total. The maximum Gasteiger partial charge on any atom is 0.325 e. The second kappa shape index (κ2) is 7.55. The fourth-order valence-electron chi connectivity index (χ4n) is 4.33. The lowest BCUT2D eigenvalue weighted by Crippen LogP contribution is -2.40. The van der Waals surface area contributed by atoms with E-state index in [1.807, 2.05) is 42.6 Å². The lowest BCUT2D eigenvalue weighted by Gasteiger charge is -2.35. The number of aliphatic carboxylic acids is 1. The Hall–Kier alpha value is -2.22. The number of carbonyl (C=O) groups is 1. The van der Waals surface area contributed by atoms with Crippen LogP contribution in [0.3, 0.4) is 0 Å². The summed E-state index contributed by atoms with van der Waals surface area (Å²) in [6, 6.07) is 13.4. The van der Waals surface area contributed by atoms with Gasteiger partial charge in [0.2, 0.25) is 0 Å². The number of hydrogen-bond acceptors (Lipinski definition) is 4. The van der Waals surface area contributed by atoms with E-state index in [4.69, 9.17) is 4.98 Å². The Bertz CT molecular complexity index is 1170. The molecule has 2 aromatic carbocycles. The van der Waals surface area contributed by atoms with Crippen LogP contribution in [-0.4, -0.2) is 39.0 Å². The van der Waals surface area contributed by atoms with Crippen LogP contribution in [0.25, 0.3) is 21.1 Å². The summed E-state index contributed by atoms with van der Waals surface area (Å²) < 4.78 is 2.14. The highest BCUT2D eigenvalue weighted by Gasteiger charge is 2.34. The van der Waals surface area contributed by atoms with Gasteiger partial charge in [0.05, 0.1) is 15.2 Å². The number of carboxylic acids is 1. The summed E-state index contributed by atoms with van der Waals surface area (Å²) in [7, 11) is 0. The molecule has 2 N–H and O–H groups in total. The Morgan fingerprint density at radius 1 is 1.31 bits per heavy atom. The van der Waals surface area contributed by atoms with E-state index in [-0.39, 0.29) is 5.92 Å². The quantitative estimate of drug-likeness (QED) is 0.411. The number of nitrogens with zero attached hydrogens (tertiary/aromatic N) is 2. The van der Waals surface area contributed by atoms with E-state index < -0.39 is 12.0 Å². The summed E-state index contributed by atoms with van der Waals surface area (Å²) in [5, 5.41) is 12.2. The molecule has 7 heteroatoms. The first kappa shape index (κ1) is 18.8. The second-order valence-corrected chi connectivity index (χ2v) is 9.51. The van der Waals surface area contributed by atoms with E-state index in [2.05, 4.69) is 31.9 Å².